The van der Waals surface area contributed by atoms with Crippen molar-refractivity contribution in [3.8, 4) is 22.3 Å². The molecule has 0 amide bonds. The summed E-state index contributed by atoms with van der Waals surface area (Å²) in [6.07, 6.45) is 10.1. The van der Waals surface area contributed by atoms with Gasteiger partial charge in [0.05, 0.1) is 11.2 Å². The molecule has 1 heterocycles. The fraction of sp³-hybridized carbons (Fsp3) is 0.231. The first kappa shape index (κ1) is 28.3. The van der Waals surface area contributed by atoms with Gasteiger partial charge < -0.3 is 9.31 Å². The molecule has 1 fully saturated rings. The summed E-state index contributed by atoms with van der Waals surface area (Å²) < 4.78 is 13.3. The van der Waals surface area contributed by atoms with E-state index in [4.69, 9.17) is 9.31 Å². The lowest BCUT2D eigenvalue weighted by atomic mass is 9.70. The van der Waals surface area contributed by atoms with Crippen molar-refractivity contribution in [2.24, 2.45) is 0 Å². The summed E-state index contributed by atoms with van der Waals surface area (Å²) in [5.41, 5.74) is 12.0. The molecule has 1 aliphatic heterocycles. The number of rotatable bonds is 4. The van der Waals surface area contributed by atoms with Crippen molar-refractivity contribution < 1.29 is 9.31 Å². The van der Waals surface area contributed by atoms with Crippen LogP contribution in [0.4, 0.5) is 0 Å². The van der Waals surface area contributed by atoms with Gasteiger partial charge in [-0.3, -0.25) is 0 Å². The first-order chi connectivity index (χ1) is 20.7. The lowest BCUT2D eigenvalue weighted by Gasteiger charge is -2.32. The van der Waals surface area contributed by atoms with Gasteiger partial charge in [-0.2, -0.15) is 0 Å². The Morgan fingerprint density at radius 1 is 0.767 bits per heavy atom. The maximum Gasteiger partial charge on any atom is 0.495 e. The molecule has 0 aromatic heterocycles. The number of benzene rings is 4. The van der Waals surface area contributed by atoms with Crippen LogP contribution in [0.1, 0.15) is 57.8 Å². The Morgan fingerprint density at radius 3 is 1.88 bits per heavy atom. The zero-order chi connectivity index (χ0) is 29.9. The molecule has 4 aromatic rings. The van der Waals surface area contributed by atoms with E-state index in [0.29, 0.717) is 0 Å². The fourth-order valence-electron chi connectivity index (χ4n) is 6.95. The molecule has 2 nitrogen and oxygen atoms in total. The second-order valence-electron chi connectivity index (χ2n) is 12.7. The summed E-state index contributed by atoms with van der Waals surface area (Å²) >= 11 is 0. The van der Waals surface area contributed by atoms with E-state index in [-0.39, 0.29) is 5.66 Å². The maximum atomic E-state index is 6.64. The van der Waals surface area contributed by atoms with E-state index in [1.165, 1.54) is 60.9 Å². The van der Waals surface area contributed by atoms with Crippen LogP contribution in [-0.4, -0.2) is 18.3 Å². The predicted molar refractivity (Wildman–Crippen MR) is 186 cm³/mol. The van der Waals surface area contributed by atoms with Gasteiger partial charge in [0.25, 0.3) is 0 Å². The minimum atomic E-state index is -0.435. The Kier molecular flexibility index (Phi) is 6.97. The molecule has 214 valence electrons. The fourth-order valence-corrected chi connectivity index (χ4v) is 7.64. The molecule has 0 spiro atoms. The molecule has 0 saturated carbocycles. The van der Waals surface area contributed by atoms with E-state index in [2.05, 4.69) is 153 Å². The van der Waals surface area contributed by atoms with E-state index in [0.717, 1.165) is 11.9 Å². The van der Waals surface area contributed by atoms with Crippen LogP contribution >= 0.6 is 9.24 Å². The number of allylic oxidation sites excluding steroid dienone is 8. The van der Waals surface area contributed by atoms with Gasteiger partial charge in [-0.1, -0.05) is 109 Å². The second kappa shape index (κ2) is 10.6. The van der Waals surface area contributed by atoms with Crippen molar-refractivity contribution in [1.29, 1.82) is 0 Å². The number of hydrogen-bond donors (Lipinski definition) is 0. The highest BCUT2D eigenvalue weighted by molar-refractivity contribution is 7.17. The van der Waals surface area contributed by atoms with Crippen LogP contribution in [0.3, 0.4) is 0 Å². The van der Waals surface area contributed by atoms with E-state index in [9.17, 15) is 0 Å². The van der Waals surface area contributed by atoms with Gasteiger partial charge in [0, 0.05) is 5.66 Å². The molecule has 3 aliphatic rings. The standard InChI is InChI=1S/C39H38BO2P/c1-6-31(40-41-38(2,3)39(4,5)42-40)29-23-15-16-24-30-34(29)37(43)36-33(26-19-11-8-12-20-26)28-22-14-13-21-27(28)32(35(30)36)25-17-9-7-10-18-25/h6-14,16-24,37H,15,43H2,1-5H3. The minimum Gasteiger partial charge on any atom is -0.399 e. The summed E-state index contributed by atoms with van der Waals surface area (Å²) in [6, 6.07) is 30.7. The van der Waals surface area contributed by atoms with Crippen molar-refractivity contribution in [2.75, 3.05) is 0 Å². The van der Waals surface area contributed by atoms with Gasteiger partial charge in [0.15, 0.2) is 0 Å². The topological polar surface area (TPSA) is 18.5 Å². The number of hydrogen-bond acceptors (Lipinski definition) is 2. The molecule has 4 heteroatoms. The molecule has 2 unspecified atom stereocenters. The zero-order valence-corrected chi connectivity index (χ0v) is 26.8. The van der Waals surface area contributed by atoms with E-state index in [1.54, 1.807) is 0 Å². The van der Waals surface area contributed by atoms with Crippen LogP contribution < -0.4 is 0 Å². The largest absolute Gasteiger partial charge is 0.495 e. The summed E-state index contributed by atoms with van der Waals surface area (Å²) in [5.74, 6) is 0. The molecule has 2 aliphatic carbocycles. The molecule has 0 N–H and O–H groups in total. The van der Waals surface area contributed by atoms with Gasteiger partial charge >= 0.3 is 7.12 Å². The highest BCUT2D eigenvalue weighted by atomic mass is 31.0. The van der Waals surface area contributed by atoms with Gasteiger partial charge in [-0.15, -0.1) is 9.24 Å². The molecule has 43 heavy (non-hydrogen) atoms. The first-order valence-electron chi connectivity index (χ1n) is 15.3. The molecule has 2 atom stereocenters. The summed E-state index contributed by atoms with van der Waals surface area (Å²) in [7, 11) is 2.81. The Balaban J connectivity index is 1.53. The third kappa shape index (κ3) is 4.44. The van der Waals surface area contributed by atoms with E-state index < -0.39 is 18.3 Å². The molecule has 1 saturated heterocycles. The molecule has 7 rings (SSSR count). The molecule has 0 bridgehead atoms. The maximum absolute atomic E-state index is 6.64. The van der Waals surface area contributed by atoms with Gasteiger partial charge in [-0.05, 0) is 107 Å². The quantitative estimate of drug-likeness (QED) is 0.177. The molecular weight excluding hydrogens is 542 g/mol. The SMILES string of the molecule is CC=C(B1OC(C)(C)C(C)(C)O1)C1=CCC=CC2=C1C(P)c1c2c(-c2ccccc2)c2ccccc2c1-c1ccccc1. The van der Waals surface area contributed by atoms with Gasteiger partial charge in [-0.25, -0.2) is 0 Å². The molecule has 4 aromatic carbocycles. The zero-order valence-electron chi connectivity index (χ0n) is 25.6. The van der Waals surface area contributed by atoms with Crippen LogP contribution in [-0.2, 0) is 9.31 Å². The first-order valence-corrected chi connectivity index (χ1v) is 16.0. The Bertz CT molecular complexity index is 1850. The van der Waals surface area contributed by atoms with Crippen molar-refractivity contribution >= 4 is 32.7 Å². The summed E-state index contributed by atoms with van der Waals surface area (Å²) in [6.45, 7) is 10.6. The third-order valence-electron chi connectivity index (χ3n) is 9.72. The second-order valence-corrected chi connectivity index (χ2v) is 13.4. The van der Waals surface area contributed by atoms with Gasteiger partial charge in [0.1, 0.15) is 0 Å². The Morgan fingerprint density at radius 2 is 1.30 bits per heavy atom. The highest BCUT2D eigenvalue weighted by Crippen LogP contribution is 2.59. The van der Waals surface area contributed by atoms with Crippen LogP contribution in [0.5, 0.6) is 0 Å². The molecule has 0 radical (unpaired) electrons. The lowest BCUT2D eigenvalue weighted by Crippen LogP contribution is -2.41. The van der Waals surface area contributed by atoms with Crippen molar-refractivity contribution in [3.05, 3.63) is 137 Å². The Labute approximate surface area is 258 Å². The number of fused-ring (bicyclic) bond motifs is 3. The van der Waals surface area contributed by atoms with Crippen molar-refractivity contribution in [3.63, 3.8) is 0 Å². The smallest absolute Gasteiger partial charge is 0.399 e. The highest BCUT2D eigenvalue weighted by Gasteiger charge is 2.53. The summed E-state index contributed by atoms with van der Waals surface area (Å²) in [5, 5.41) is 2.56. The van der Waals surface area contributed by atoms with E-state index in [1.807, 2.05) is 0 Å². The minimum absolute atomic E-state index is 0.0821. The predicted octanol–water partition coefficient (Wildman–Crippen LogP) is 10.3. The van der Waals surface area contributed by atoms with Crippen LogP contribution in [0.25, 0.3) is 38.6 Å². The van der Waals surface area contributed by atoms with Crippen LogP contribution in [0, 0.1) is 0 Å². The van der Waals surface area contributed by atoms with Crippen LogP contribution in [0.15, 0.2) is 126 Å². The van der Waals surface area contributed by atoms with Gasteiger partial charge in [0.2, 0.25) is 0 Å². The summed E-state index contributed by atoms with van der Waals surface area (Å²) in [4.78, 5) is 0. The van der Waals surface area contributed by atoms with Crippen LogP contribution in [0.2, 0.25) is 0 Å². The normalized spacial score (nSPS) is 20.7. The lowest BCUT2D eigenvalue weighted by molar-refractivity contribution is 0.00578. The van der Waals surface area contributed by atoms with Crippen molar-refractivity contribution in [1.82, 2.24) is 0 Å². The average Bonchev–Trinajstić information content (AvgIpc) is 3.28. The third-order valence-corrected chi connectivity index (χ3v) is 10.4. The average molecular weight is 581 g/mol. The monoisotopic (exact) mass is 580 g/mol. The Hall–Kier alpha value is -3.49. The van der Waals surface area contributed by atoms with Crippen molar-refractivity contribution in [2.45, 2.75) is 57.9 Å². The molecular formula is C39H38BO2P. The van der Waals surface area contributed by atoms with E-state index >= 15 is 0 Å².